The highest BCUT2D eigenvalue weighted by Crippen LogP contribution is 2.30. The van der Waals surface area contributed by atoms with Gasteiger partial charge in [-0.1, -0.05) is 11.6 Å². The number of nitrogens with one attached hydrogen (secondary N) is 1. The highest BCUT2D eigenvalue weighted by atomic mass is 35.5. The van der Waals surface area contributed by atoms with Crippen molar-refractivity contribution in [2.75, 3.05) is 12.4 Å². The Morgan fingerprint density at radius 3 is 2.77 bits per heavy atom. The summed E-state index contributed by atoms with van der Waals surface area (Å²) >= 11 is 5.79. The van der Waals surface area contributed by atoms with E-state index in [0.29, 0.717) is 6.54 Å². The number of nitrogens with zero attached hydrogens (tertiary/aromatic N) is 2. The fourth-order valence-corrected chi connectivity index (χ4v) is 3.12. The number of carbonyl (C=O) groups is 1. The molecule has 0 saturated heterocycles. The Hall–Kier alpha value is -2.54. The smallest absolute Gasteiger partial charge is 0.252 e. The second-order valence-electron chi connectivity index (χ2n) is 6.15. The first kappa shape index (κ1) is 18.3. The standard InChI is InChI=1S/C18H21ClN4O3/c1-25-13-7-6-11(15(8-13)26-12-4-2-3-5-12)10-21-18-14(17(20)24)9-16(19)22-23-18/h6-9,12H,2-5,10H2,1H3,(H2,20,24)(H,21,23). The largest absolute Gasteiger partial charge is 0.497 e. The number of carbonyl (C=O) groups excluding carboxylic acids is 1. The molecule has 1 saturated carbocycles. The third kappa shape index (κ3) is 4.35. The average Bonchev–Trinajstić information content (AvgIpc) is 3.14. The number of ether oxygens (including phenoxy) is 2. The van der Waals surface area contributed by atoms with E-state index in [1.54, 1.807) is 7.11 Å². The van der Waals surface area contributed by atoms with E-state index >= 15 is 0 Å². The number of primary amides is 1. The summed E-state index contributed by atoms with van der Waals surface area (Å²) in [5.74, 6) is 1.14. The molecule has 8 heteroatoms. The van der Waals surface area contributed by atoms with Crippen LogP contribution in [0.1, 0.15) is 41.6 Å². The number of anilines is 1. The van der Waals surface area contributed by atoms with Gasteiger partial charge in [0.05, 0.1) is 18.8 Å². The van der Waals surface area contributed by atoms with Crippen LogP contribution in [-0.2, 0) is 6.54 Å². The van der Waals surface area contributed by atoms with Gasteiger partial charge in [-0.15, -0.1) is 10.2 Å². The monoisotopic (exact) mass is 376 g/mol. The second kappa shape index (κ2) is 8.23. The van der Waals surface area contributed by atoms with Crippen LogP contribution in [0.4, 0.5) is 5.82 Å². The van der Waals surface area contributed by atoms with E-state index < -0.39 is 5.91 Å². The van der Waals surface area contributed by atoms with Crippen LogP contribution in [0.2, 0.25) is 5.15 Å². The normalized spacial score (nSPS) is 14.2. The van der Waals surface area contributed by atoms with Gasteiger partial charge in [-0.3, -0.25) is 4.79 Å². The maximum Gasteiger partial charge on any atom is 0.252 e. The molecule has 1 aromatic carbocycles. The van der Waals surface area contributed by atoms with Gasteiger partial charge in [0.15, 0.2) is 11.0 Å². The van der Waals surface area contributed by atoms with Gasteiger partial charge < -0.3 is 20.5 Å². The molecule has 0 bridgehead atoms. The number of nitrogens with two attached hydrogens (primary N) is 1. The molecule has 1 amide bonds. The first-order valence-corrected chi connectivity index (χ1v) is 8.85. The van der Waals surface area contributed by atoms with Crippen molar-refractivity contribution in [1.82, 2.24) is 10.2 Å². The number of rotatable bonds is 7. The second-order valence-corrected chi connectivity index (χ2v) is 6.53. The van der Waals surface area contributed by atoms with E-state index in [4.69, 9.17) is 26.8 Å². The molecule has 2 aromatic rings. The lowest BCUT2D eigenvalue weighted by Crippen LogP contribution is -2.17. The first-order valence-electron chi connectivity index (χ1n) is 8.47. The van der Waals surface area contributed by atoms with Crippen LogP contribution in [0, 0.1) is 0 Å². The zero-order chi connectivity index (χ0) is 18.5. The van der Waals surface area contributed by atoms with Crippen molar-refractivity contribution in [2.24, 2.45) is 5.73 Å². The van der Waals surface area contributed by atoms with Gasteiger partial charge in [0, 0.05) is 18.2 Å². The zero-order valence-corrected chi connectivity index (χ0v) is 15.3. The van der Waals surface area contributed by atoms with Gasteiger partial charge >= 0.3 is 0 Å². The molecule has 3 N–H and O–H groups in total. The van der Waals surface area contributed by atoms with Crippen molar-refractivity contribution in [3.8, 4) is 11.5 Å². The molecule has 1 aliphatic carbocycles. The Bertz CT molecular complexity index is 794. The molecule has 26 heavy (non-hydrogen) atoms. The average molecular weight is 377 g/mol. The van der Waals surface area contributed by atoms with Crippen molar-refractivity contribution in [1.29, 1.82) is 0 Å². The Morgan fingerprint density at radius 1 is 1.31 bits per heavy atom. The molecule has 0 aliphatic heterocycles. The fraction of sp³-hybridized carbons (Fsp3) is 0.389. The summed E-state index contributed by atoms with van der Waals surface area (Å²) in [6, 6.07) is 7.05. The molecule has 1 aliphatic rings. The first-order chi connectivity index (χ1) is 12.6. The number of halogens is 1. The van der Waals surface area contributed by atoms with Crippen LogP contribution in [0.15, 0.2) is 24.3 Å². The van der Waals surface area contributed by atoms with Crippen LogP contribution in [0.3, 0.4) is 0 Å². The molecule has 7 nitrogen and oxygen atoms in total. The molecule has 0 radical (unpaired) electrons. The number of hydrogen-bond donors (Lipinski definition) is 2. The lowest BCUT2D eigenvalue weighted by molar-refractivity contribution is 0.100. The molecule has 1 heterocycles. The summed E-state index contributed by atoms with van der Waals surface area (Å²) in [5.41, 5.74) is 6.50. The summed E-state index contributed by atoms with van der Waals surface area (Å²) in [4.78, 5) is 11.6. The summed E-state index contributed by atoms with van der Waals surface area (Å²) < 4.78 is 11.5. The summed E-state index contributed by atoms with van der Waals surface area (Å²) in [5, 5.41) is 10.9. The molecule has 1 aromatic heterocycles. The Morgan fingerprint density at radius 2 is 2.08 bits per heavy atom. The predicted octanol–water partition coefficient (Wildman–Crippen LogP) is 3.17. The highest BCUT2D eigenvalue weighted by molar-refractivity contribution is 6.29. The molecular formula is C18H21ClN4O3. The minimum Gasteiger partial charge on any atom is -0.497 e. The number of amides is 1. The molecule has 0 unspecified atom stereocenters. The number of aromatic nitrogens is 2. The van der Waals surface area contributed by atoms with Crippen LogP contribution in [-0.4, -0.2) is 29.3 Å². The Kier molecular flexibility index (Phi) is 5.78. The molecule has 0 atom stereocenters. The third-order valence-electron chi connectivity index (χ3n) is 4.35. The topological polar surface area (TPSA) is 99.4 Å². The van der Waals surface area contributed by atoms with Crippen molar-refractivity contribution in [2.45, 2.75) is 38.3 Å². The van der Waals surface area contributed by atoms with E-state index in [0.717, 1.165) is 29.9 Å². The fourth-order valence-electron chi connectivity index (χ4n) is 2.97. The van der Waals surface area contributed by atoms with E-state index in [2.05, 4.69) is 15.5 Å². The quantitative estimate of drug-likeness (QED) is 0.769. The summed E-state index contributed by atoms with van der Waals surface area (Å²) in [6.45, 7) is 0.392. The lowest BCUT2D eigenvalue weighted by Gasteiger charge is -2.18. The van der Waals surface area contributed by atoms with Crippen molar-refractivity contribution in [3.05, 3.63) is 40.5 Å². The third-order valence-corrected chi connectivity index (χ3v) is 4.53. The van der Waals surface area contributed by atoms with Gasteiger partial charge in [0.2, 0.25) is 0 Å². The van der Waals surface area contributed by atoms with Gasteiger partial charge in [-0.25, -0.2) is 0 Å². The van der Waals surface area contributed by atoms with Crippen LogP contribution in [0.5, 0.6) is 11.5 Å². The van der Waals surface area contributed by atoms with Crippen molar-refractivity contribution < 1.29 is 14.3 Å². The SMILES string of the molecule is COc1ccc(CNc2nnc(Cl)cc2C(N)=O)c(OC2CCCC2)c1. The molecule has 1 fully saturated rings. The van der Waals surface area contributed by atoms with E-state index in [1.165, 1.54) is 18.9 Å². The maximum atomic E-state index is 11.6. The van der Waals surface area contributed by atoms with Crippen molar-refractivity contribution in [3.63, 3.8) is 0 Å². The molecule has 0 spiro atoms. The summed E-state index contributed by atoms with van der Waals surface area (Å²) in [6.07, 6.45) is 4.70. The number of hydrogen-bond acceptors (Lipinski definition) is 6. The predicted molar refractivity (Wildman–Crippen MR) is 98.8 cm³/mol. The van der Waals surface area contributed by atoms with Gasteiger partial charge in [0.1, 0.15) is 11.5 Å². The van der Waals surface area contributed by atoms with E-state index in [-0.39, 0.29) is 22.6 Å². The minimum absolute atomic E-state index is 0.110. The Balaban J connectivity index is 1.80. The Labute approximate surface area is 156 Å². The van der Waals surface area contributed by atoms with Gasteiger partial charge in [-0.2, -0.15) is 0 Å². The molecule has 138 valence electrons. The minimum atomic E-state index is -0.624. The van der Waals surface area contributed by atoms with Crippen LogP contribution >= 0.6 is 11.6 Å². The molecular weight excluding hydrogens is 356 g/mol. The van der Waals surface area contributed by atoms with Gasteiger partial charge in [-0.05, 0) is 43.9 Å². The summed E-state index contributed by atoms with van der Waals surface area (Å²) in [7, 11) is 1.62. The van der Waals surface area contributed by atoms with Crippen LogP contribution < -0.4 is 20.5 Å². The number of benzene rings is 1. The van der Waals surface area contributed by atoms with E-state index in [9.17, 15) is 4.79 Å². The van der Waals surface area contributed by atoms with Gasteiger partial charge in [0.25, 0.3) is 5.91 Å². The zero-order valence-electron chi connectivity index (χ0n) is 14.5. The lowest BCUT2D eigenvalue weighted by atomic mass is 10.1. The number of methoxy groups -OCH3 is 1. The van der Waals surface area contributed by atoms with E-state index in [1.807, 2.05) is 18.2 Å². The molecule has 3 rings (SSSR count). The maximum absolute atomic E-state index is 11.6. The van der Waals surface area contributed by atoms with Crippen LogP contribution in [0.25, 0.3) is 0 Å². The van der Waals surface area contributed by atoms with Crippen molar-refractivity contribution >= 4 is 23.3 Å². The highest BCUT2D eigenvalue weighted by Gasteiger charge is 2.19.